The van der Waals surface area contributed by atoms with Crippen LogP contribution in [0.25, 0.3) is 0 Å². The van der Waals surface area contributed by atoms with Gasteiger partial charge in [-0.15, -0.1) is 0 Å². The lowest BCUT2D eigenvalue weighted by atomic mass is 10.2. The van der Waals surface area contributed by atoms with Crippen LogP contribution < -0.4 is 0 Å². The third-order valence-electron chi connectivity index (χ3n) is 2.41. The molecule has 1 amide bonds. The van der Waals surface area contributed by atoms with Crippen molar-refractivity contribution < 1.29 is 14.3 Å². The van der Waals surface area contributed by atoms with Gasteiger partial charge in [-0.3, -0.25) is 4.90 Å². The van der Waals surface area contributed by atoms with Crippen molar-refractivity contribution in [2.45, 2.75) is 13.1 Å². The van der Waals surface area contributed by atoms with Crippen LogP contribution in [0, 0.1) is 0 Å². The summed E-state index contributed by atoms with van der Waals surface area (Å²) < 4.78 is 5.15. The minimum Gasteiger partial charge on any atom is -0.467 e. The molecule has 0 radical (unpaired) electrons. The average Bonchev–Trinajstić information content (AvgIpc) is 2.82. The molecule has 0 bridgehead atoms. The van der Waals surface area contributed by atoms with Crippen molar-refractivity contribution in [3.05, 3.63) is 60.1 Å². The number of furan rings is 1. The molecule has 17 heavy (non-hydrogen) atoms. The fraction of sp³-hybridized carbons (Fsp3) is 0.154. The molecule has 0 spiro atoms. The molecule has 0 saturated heterocycles. The normalized spacial score (nSPS) is 10.1. The zero-order chi connectivity index (χ0) is 12.1. The summed E-state index contributed by atoms with van der Waals surface area (Å²) >= 11 is 0. The SMILES string of the molecule is O=C(O)N(Cc1ccccc1)Cc1ccco1. The fourth-order valence-corrected chi connectivity index (χ4v) is 1.59. The van der Waals surface area contributed by atoms with E-state index in [2.05, 4.69) is 0 Å². The number of carbonyl (C=O) groups is 1. The van der Waals surface area contributed by atoms with E-state index in [4.69, 9.17) is 9.52 Å². The predicted octanol–water partition coefficient (Wildman–Crippen LogP) is 2.96. The van der Waals surface area contributed by atoms with E-state index in [9.17, 15) is 4.79 Å². The molecule has 0 aliphatic carbocycles. The van der Waals surface area contributed by atoms with Gasteiger partial charge in [0.2, 0.25) is 0 Å². The second-order valence-electron chi connectivity index (χ2n) is 3.70. The maximum Gasteiger partial charge on any atom is 0.408 e. The second-order valence-corrected chi connectivity index (χ2v) is 3.70. The number of hydrogen-bond donors (Lipinski definition) is 1. The molecular formula is C13H13NO3. The standard InChI is InChI=1S/C13H13NO3/c15-13(16)14(10-12-7-4-8-17-12)9-11-5-2-1-3-6-11/h1-8H,9-10H2,(H,15,16). The van der Waals surface area contributed by atoms with Gasteiger partial charge in [-0.25, -0.2) is 4.79 Å². The molecule has 1 aromatic carbocycles. The van der Waals surface area contributed by atoms with Gasteiger partial charge in [0.05, 0.1) is 12.8 Å². The molecule has 2 rings (SSSR count). The smallest absolute Gasteiger partial charge is 0.408 e. The Morgan fingerprint density at radius 1 is 1.12 bits per heavy atom. The number of hydrogen-bond acceptors (Lipinski definition) is 2. The highest BCUT2D eigenvalue weighted by Gasteiger charge is 2.13. The third kappa shape index (κ3) is 3.11. The van der Waals surface area contributed by atoms with Crippen molar-refractivity contribution in [1.29, 1.82) is 0 Å². The van der Waals surface area contributed by atoms with E-state index in [1.807, 2.05) is 30.3 Å². The van der Waals surface area contributed by atoms with Gasteiger partial charge in [-0.05, 0) is 17.7 Å². The van der Waals surface area contributed by atoms with Crippen molar-refractivity contribution in [2.24, 2.45) is 0 Å². The zero-order valence-electron chi connectivity index (χ0n) is 9.24. The van der Waals surface area contributed by atoms with Gasteiger partial charge < -0.3 is 9.52 Å². The average molecular weight is 231 g/mol. The van der Waals surface area contributed by atoms with E-state index in [0.29, 0.717) is 12.3 Å². The summed E-state index contributed by atoms with van der Waals surface area (Å²) in [4.78, 5) is 12.4. The van der Waals surface area contributed by atoms with Crippen LogP contribution in [0.4, 0.5) is 4.79 Å². The summed E-state index contributed by atoms with van der Waals surface area (Å²) in [6, 6.07) is 13.0. The van der Waals surface area contributed by atoms with Gasteiger partial charge >= 0.3 is 6.09 Å². The van der Waals surface area contributed by atoms with Gasteiger partial charge in [-0.1, -0.05) is 30.3 Å². The summed E-state index contributed by atoms with van der Waals surface area (Å²) in [5, 5.41) is 9.12. The van der Waals surface area contributed by atoms with E-state index in [1.54, 1.807) is 12.1 Å². The molecule has 0 aliphatic rings. The van der Waals surface area contributed by atoms with E-state index in [-0.39, 0.29) is 6.54 Å². The first kappa shape index (κ1) is 11.3. The summed E-state index contributed by atoms with van der Waals surface area (Å²) in [5.74, 6) is 0.642. The molecule has 0 fully saturated rings. The van der Waals surface area contributed by atoms with Crippen LogP contribution in [-0.4, -0.2) is 16.1 Å². The lowest BCUT2D eigenvalue weighted by Crippen LogP contribution is -2.28. The molecular weight excluding hydrogens is 218 g/mol. The van der Waals surface area contributed by atoms with E-state index in [1.165, 1.54) is 11.2 Å². The van der Waals surface area contributed by atoms with Gasteiger partial charge in [0, 0.05) is 6.54 Å². The molecule has 4 nitrogen and oxygen atoms in total. The van der Waals surface area contributed by atoms with Crippen LogP contribution in [0.1, 0.15) is 11.3 Å². The van der Waals surface area contributed by atoms with E-state index < -0.39 is 6.09 Å². The Hall–Kier alpha value is -2.23. The van der Waals surface area contributed by atoms with Gasteiger partial charge in [0.15, 0.2) is 0 Å². The quantitative estimate of drug-likeness (QED) is 0.880. The number of nitrogens with zero attached hydrogens (tertiary/aromatic N) is 1. The zero-order valence-corrected chi connectivity index (χ0v) is 9.24. The molecule has 0 saturated carbocycles. The van der Waals surface area contributed by atoms with Crippen molar-refractivity contribution in [3.8, 4) is 0 Å². The topological polar surface area (TPSA) is 53.7 Å². The highest BCUT2D eigenvalue weighted by molar-refractivity contribution is 5.64. The molecule has 0 atom stereocenters. The molecule has 4 heteroatoms. The Morgan fingerprint density at radius 3 is 2.47 bits per heavy atom. The maximum absolute atomic E-state index is 11.1. The van der Waals surface area contributed by atoms with Crippen LogP contribution >= 0.6 is 0 Å². The van der Waals surface area contributed by atoms with Crippen LogP contribution in [-0.2, 0) is 13.1 Å². The molecule has 2 aromatic rings. The number of amides is 1. The Balaban J connectivity index is 2.06. The molecule has 88 valence electrons. The van der Waals surface area contributed by atoms with Crippen LogP contribution in [0.15, 0.2) is 53.1 Å². The van der Waals surface area contributed by atoms with E-state index in [0.717, 1.165) is 5.56 Å². The first-order valence-electron chi connectivity index (χ1n) is 5.30. The van der Waals surface area contributed by atoms with Crippen LogP contribution in [0.3, 0.4) is 0 Å². The van der Waals surface area contributed by atoms with Gasteiger partial charge in [-0.2, -0.15) is 0 Å². The third-order valence-corrected chi connectivity index (χ3v) is 2.41. The van der Waals surface area contributed by atoms with Gasteiger partial charge in [0.1, 0.15) is 5.76 Å². The Labute approximate surface area is 99.1 Å². The number of benzene rings is 1. The van der Waals surface area contributed by atoms with Crippen LogP contribution in [0.5, 0.6) is 0 Å². The highest BCUT2D eigenvalue weighted by atomic mass is 16.4. The van der Waals surface area contributed by atoms with Crippen molar-refractivity contribution in [2.75, 3.05) is 0 Å². The van der Waals surface area contributed by atoms with E-state index >= 15 is 0 Å². The highest BCUT2D eigenvalue weighted by Crippen LogP contribution is 2.10. The summed E-state index contributed by atoms with van der Waals surface area (Å²) in [6.07, 6.45) is 0.586. The fourth-order valence-electron chi connectivity index (χ4n) is 1.59. The predicted molar refractivity (Wildman–Crippen MR) is 62.4 cm³/mol. The van der Waals surface area contributed by atoms with Crippen LogP contribution in [0.2, 0.25) is 0 Å². The summed E-state index contributed by atoms with van der Waals surface area (Å²) in [7, 11) is 0. The first-order valence-corrected chi connectivity index (χ1v) is 5.30. The molecule has 0 unspecified atom stereocenters. The molecule has 1 N–H and O–H groups in total. The minimum absolute atomic E-state index is 0.261. The summed E-state index contributed by atoms with van der Waals surface area (Å²) in [5.41, 5.74) is 0.960. The Morgan fingerprint density at radius 2 is 1.88 bits per heavy atom. The molecule has 1 aromatic heterocycles. The van der Waals surface area contributed by atoms with Gasteiger partial charge in [0.25, 0.3) is 0 Å². The number of rotatable bonds is 4. The first-order chi connectivity index (χ1) is 8.25. The lowest BCUT2D eigenvalue weighted by molar-refractivity contribution is 0.135. The summed E-state index contributed by atoms with van der Waals surface area (Å²) in [6.45, 7) is 0.619. The minimum atomic E-state index is -0.953. The Kier molecular flexibility index (Phi) is 3.45. The Bertz CT molecular complexity index is 465. The monoisotopic (exact) mass is 231 g/mol. The lowest BCUT2D eigenvalue weighted by Gasteiger charge is -2.17. The number of carboxylic acid groups (broad SMARTS) is 1. The largest absolute Gasteiger partial charge is 0.467 e. The molecule has 0 aliphatic heterocycles. The maximum atomic E-state index is 11.1. The molecule has 1 heterocycles. The van der Waals surface area contributed by atoms with Crippen molar-refractivity contribution in [1.82, 2.24) is 4.90 Å². The second kappa shape index (κ2) is 5.21. The van der Waals surface area contributed by atoms with Crippen molar-refractivity contribution >= 4 is 6.09 Å². The van der Waals surface area contributed by atoms with Crippen molar-refractivity contribution in [3.63, 3.8) is 0 Å².